The van der Waals surface area contributed by atoms with E-state index in [-0.39, 0.29) is 30.4 Å². The van der Waals surface area contributed by atoms with Gasteiger partial charge in [-0.3, -0.25) is 9.52 Å². The molecule has 1 atom stereocenters. The maximum Gasteiger partial charge on any atom is 0.394 e. The molecule has 2 aromatic heterocycles. The molecule has 13 heteroatoms. The number of nitrogens with zero attached hydrogens (tertiary/aromatic N) is 5. The first-order chi connectivity index (χ1) is 20.7. The Morgan fingerprint density at radius 3 is 2.64 bits per heavy atom. The Morgan fingerprint density at radius 2 is 1.95 bits per heavy atom. The van der Waals surface area contributed by atoms with Crippen LogP contribution in [0.3, 0.4) is 0 Å². The number of fused-ring (bicyclic) bond motifs is 4. The Morgan fingerprint density at radius 1 is 1.23 bits per heavy atom. The van der Waals surface area contributed by atoms with E-state index in [4.69, 9.17) is 9.72 Å². The van der Waals surface area contributed by atoms with Crippen molar-refractivity contribution < 1.29 is 22.7 Å². The Kier molecular flexibility index (Phi) is 11.6. The lowest BCUT2D eigenvalue weighted by molar-refractivity contribution is -0.215. The third-order valence-corrected chi connectivity index (χ3v) is 8.40. The van der Waals surface area contributed by atoms with Gasteiger partial charge in [0.1, 0.15) is 16.7 Å². The van der Waals surface area contributed by atoms with Crippen molar-refractivity contribution in [2.24, 2.45) is 16.3 Å². The molecule has 2 N–H and O–H groups in total. The molecule has 1 fully saturated rings. The number of hydrogen-bond donors (Lipinski definition) is 2. The molecule has 2 aliphatic rings. The number of alkyl halides is 3. The van der Waals surface area contributed by atoms with E-state index in [1.165, 1.54) is 4.68 Å². The van der Waals surface area contributed by atoms with Gasteiger partial charge in [0.15, 0.2) is 5.82 Å². The van der Waals surface area contributed by atoms with Gasteiger partial charge < -0.3 is 15.0 Å². The van der Waals surface area contributed by atoms with Gasteiger partial charge >= 0.3 is 6.18 Å². The number of pyridine rings is 1. The molecule has 1 unspecified atom stereocenters. The van der Waals surface area contributed by atoms with Gasteiger partial charge in [0.2, 0.25) is 5.88 Å². The number of halogens is 3. The van der Waals surface area contributed by atoms with E-state index < -0.39 is 11.6 Å². The molecule has 1 amide bonds. The molecule has 9 nitrogen and oxygen atoms in total. The number of amides is 1. The van der Waals surface area contributed by atoms with Gasteiger partial charge in [-0.15, -0.1) is 5.10 Å². The molecule has 2 aromatic rings. The lowest BCUT2D eigenvalue weighted by Gasteiger charge is -2.34. The Bertz CT molecular complexity index is 1350. The maximum atomic E-state index is 13.4. The summed E-state index contributed by atoms with van der Waals surface area (Å²) in [7, 11) is 0. The first-order valence-electron chi connectivity index (χ1n) is 14.9. The van der Waals surface area contributed by atoms with Gasteiger partial charge in [-0.2, -0.15) is 13.2 Å². The fraction of sp³-hybridized carbons (Fsp3) is 0.548. The lowest BCUT2D eigenvalue weighted by Crippen LogP contribution is -2.40. The summed E-state index contributed by atoms with van der Waals surface area (Å²) < 4.78 is 49.4. The van der Waals surface area contributed by atoms with Gasteiger partial charge in [-0.05, 0) is 63.7 Å². The van der Waals surface area contributed by atoms with Crippen LogP contribution in [0.4, 0.5) is 19.0 Å². The highest BCUT2D eigenvalue weighted by atomic mass is 32.2. The lowest BCUT2D eigenvalue weighted by atomic mass is 9.89. The number of nitrogens with one attached hydrogen (secondary N) is 2. The molecule has 0 radical (unpaired) electrons. The van der Waals surface area contributed by atoms with Crippen LogP contribution in [0.1, 0.15) is 77.6 Å². The highest BCUT2D eigenvalue weighted by molar-refractivity contribution is 8.13. The minimum atomic E-state index is -4.33. The largest absolute Gasteiger partial charge is 0.477 e. The van der Waals surface area contributed by atoms with Crippen LogP contribution in [0.15, 0.2) is 54.4 Å². The molecule has 2 bridgehead atoms. The SMILES string of the molecule is C=C/C1=N\C(=C)NCCCC2CN(c3nc(-n4ccc(OCCC(C)(C)C(F)(F)F)n4)ccc3C(=O)NS1)C(C)(C)C2.CC. The molecule has 0 saturated carbocycles. The fourth-order valence-corrected chi connectivity index (χ4v) is 5.57. The van der Waals surface area contributed by atoms with E-state index in [0.717, 1.165) is 58.1 Å². The number of anilines is 1. The molecule has 0 aliphatic carbocycles. The van der Waals surface area contributed by atoms with Crippen molar-refractivity contribution >= 4 is 28.7 Å². The van der Waals surface area contributed by atoms with E-state index in [0.29, 0.717) is 34.0 Å². The molecule has 0 aromatic carbocycles. The maximum absolute atomic E-state index is 13.4. The number of aliphatic imine (C=N–C) groups is 1. The first-order valence-corrected chi connectivity index (χ1v) is 15.7. The van der Waals surface area contributed by atoms with Crippen LogP contribution < -0.4 is 19.7 Å². The van der Waals surface area contributed by atoms with E-state index in [2.05, 4.69) is 52.0 Å². The van der Waals surface area contributed by atoms with Crippen molar-refractivity contribution in [1.82, 2.24) is 24.8 Å². The summed E-state index contributed by atoms with van der Waals surface area (Å²) in [5, 5.41) is 8.10. The van der Waals surface area contributed by atoms with Gasteiger partial charge in [0.05, 0.1) is 17.6 Å². The normalized spacial score (nSPS) is 20.4. The second-order valence-electron chi connectivity index (χ2n) is 11.8. The number of carbonyl (C=O) groups is 1. The predicted molar refractivity (Wildman–Crippen MR) is 171 cm³/mol. The van der Waals surface area contributed by atoms with Crippen molar-refractivity contribution in [1.29, 1.82) is 0 Å². The molecular weight excluding hydrogens is 591 g/mol. The molecule has 44 heavy (non-hydrogen) atoms. The van der Waals surface area contributed by atoms with E-state index in [1.807, 2.05) is 13.8 Å². The summed E-state index contributed by atoms with van der Waals surface area (Å²) in [6.45, 7) is 19.6. The highest BCUT2D eigenvalue weighted by Gasteiger charge is 2.47. The van der Waals surface area contributed by atoms with Crippen molar-refractivity contribution in [2.75, 3.05) is 24.6 Å². The number of carbonyl (C=O) groups excluding carboxylic acids is 1. The number of rotatable bonds is 6. The van der Waals surface area contributed by atoms with Gasteiger partial charge in [0.25, 0.3) is 5.91 Å². The molecular formula is C31H44F3N7O2S. The molecule has 2 aliphatic heterocycles. The number of hydrogen-bond acceptors (Lipinski definition) is 8. The van der Waals surface area contributed by atoms with Crippen LogP contribution in [0.2, 0.25) is 0 Å². The zero-order valence-corrected chi connectivity index (χ0v) is 27.2. The summed E-state index contributed by atoms with van der Waals surface area (Å²) in [6, 6.07) is 4.96. The standard InChI is InChI=1S/C29H38F3N7O2S.C2H6/c1-7-24-34-19(2)33-14-8-9-20-17-28(5,6)38(18-20)25-21(26(40)37-42-24)10-11-22(35-25)39-15-12-23(36-39)41-16-13-27(3,4)29(30,31)32;1-2/h7,10-12,15,20,33H,1-2,8-9,13-14,16-18H2,3-6H3,(H,37,40);1-2H3/b34-24+;. The second-order valence-corrected chi connectivity index (χ2v) is 12.6. The van der Waals surface area contributed by atoms with Gasteiger partial charge in [-0.25, -0.2) is 14.7 Å². The highest BCUT2D eigenvalue weighted by Crippen LogP contribution is 2.41. The van der Waals surface area contributed by atoms with Crippen LogP contribution in [-0.2, 0) is 0 Å². The van der Waals surface area contributed by atoms with E-state index in [9.17, 15) is 18.0 Å². The molecule has 4 rings (SSSR count). The van der Waals surface area contributed by atoms with Crippen LogP contribution in [0.5, 0.6) is 5.88 Å². The monoisotopic (exact) mass is 635 g/mol. The van der Waals surface area contributed by atoms with Crippen LogP contribution in [0.25, 0.3) is 5.82 Å². The topological polar surface area (TPSA) is 96.7 Å². The van der Waals surface area contributed by atoms with Gasteiger partial charge in [0, 0.05) is 42.8 Å². The smallest absolute Gasteiger partial charge is 0.394 e. The summed E-state index contributed by atoms with van der Waals surface area (Å²) in [5.74, 6) is 1.73. The summed E-state index contributed by atoms with van der Waals surface area (Å²) in [6.07, 6.45) is 1.50. The third-order valence-electron chi connectivity index (χ3n) is 7.65. The summed E-state index contributed by atoms with van der Waals surface area (Å²) in [5.41, 5.74) is -1.74. The van der Waals surface area contributed by atoms with Crippen molar-refractivity contribution in [3.63, 3.8) is 0 Å². The minimum absolute atomic E-state index is 0.138. The molecule has 242 valence electrons. The second kappa shape index (κ2) is 14.5. The predicted octanol–water partition coefficient (Wildman–Crippen LogP) is 7.07. The number of aromatic nitrogens is 3. The number of ether oxygens (including phenoxy) is 1. The van der Waals surface area contributed by atoms with E-state index in [1.54, 1.807) is 30.5 Å². The quantitative estimate of drug-likeness (QED) is 0.328. The van der Waals surface area contributed by atoms with Crippen molar-refractivity contribution in [3.05, 3.63) is 55.0 Å². The fourth-order valence-electron chi connectivity index (χ4n) is 5.03. The Labute approximate surface area is 262 Å². The van der Waals surface area contributed by atoms with Crippen LogP contribution in [0, 0.1) is 11.3 Å². The average Bonchev–Trinajstić information content (AvgIpc) is 3.56. The Balaban J connectivity index is 0.00000259. The summed E-state index contributed by atoms with van der Waals surface area (Å²) >= 11 is 1.04. The van der Waals surface area contributed by atoms with Crippen LogP contribution in [-0.4, -0.2) is 57.1 Å². The first kappa shape index (κ1) is 35.0. The average molecular weight is 636 g/mol. The van der Waals surface area contributed by atoms with Gasteiger partial charge in [-0.1, -0.05) is 40.9 Å². The van der Waals surface area contributed by atoms with Crippen LogP contribution >= 0.6 is 11.9 Å². The minimum Gasteiger partial charge on any atom is -0.477 e. The molecule has 0 spiro atoms. The Hall–Kier alpha value is -3.48. The van der Waals surface area contributed by atoms with Crippen molar-refractivity contribution in [3.8, 4) is 11.7 Å². The van der Waals surface area contributed by atoms with E-state index >= 15 is 0 Å². The van der Waals surface area contributed by atoms with Crippen molar-refractivity contribution in [2.45, 2.75) is 78.9 Å². The molecule has 4 heterocycles. The third kappa shape index (κ3) is 8.58. The zero-order valence-electron chi connectivity index (χ0n) is 26.4. The molecule has 1 saturated heterocycles. The summed E-state index contributed by atoms with van der Waals surface area (Å²) in [4.78, 5) is 24.9. The zero-order chi connectivity index (χ0) is 32.7.